The van der Waals surface area contributed by atoms with E-state index in [1.54, 1.807) is 25.2 Å². The van der Waals surface area contributed by atoms with Crippen molar-refractivity contribution in [1.82, 2.24) is 10.2 Å². The molecule has 1 aromatic carbocycles. The van der Waals surface area contributed by atoms with E-state index in [0.29, 0.717) is 12.2 Å². The predicted octanol–water partition coefficient (Wildman–Crippen LogP) is 1.91. The number of piperidine rings is 1. The van der Waals surface area contributed by atoms with Gasteiger partial charge in [-0.3, -0.25) is 4.79 Å². The first-order chi connectivity index (χ1) is 11.0. The first-order valence-corrected chi connectivity index (χ1v) is 7.70. The molecule has 1 atom stereocenters. The number of urea groups is 1. The molecule has 2 rings (SSSR count). The largest absolute Gasteiger partial charge is 0.481 e. The van der Waals surface area contributed by atoms with E-state index in [-0.39, 0.29) is 30.9 Å². The van der Waals surface area contributed by atoms with Crippen LogP contribution in [-0.2, 0) is 4.79 Å². The number of anilines is 1. The number of amides is 2. The molecule has 23 heavy (non-hydrogen) atoms. The molecule has 1 aliphatic heterocycles. The Hall–Kier alpha value is -2.31. The van der Waals surface area contributed by atoms with Crippen LogP contribution in [0.25, 0.3) is 0 Å². The van der Waals surface area contributed by atoms with Crippen molar-refractivity contribution in [3.8, 4) is 0 Å². The van der Waals surface area contributed by atoms with Crippen molar-refractivity contribution < 1.29 is 19.1 Å². The van der Waals surface area contributed by atoms with Gasteiger partial charge in [0.15, 0.2) is 0 Å². The topological polar surface area (TPSA) is 72.9 Å². The lowest BCUT2D eigenvalue weighted by atomic mass is 10.0. The summed E-state index contributed by atoms with van der Waals surface area (Å²) in [6.45, 7) is 1.45. The summed E-state index contributed by atoms with van der Waals surface area (Å²) in [4.78, 5) is 25.9. The van der Waals surface area contributed by atoms with Crippen LogP contribution < -0.4 is 10.2 Å². The van der Waals surface area contributed by atoms with Crippen molar-refractivity contribution in [2.45, 2.75) is 25.3 Å². The molecular weight excluding hydrogens is 301 g/mol. The van der Waals surface area contributed by atoms with Crippen LogP contribution in [0.4, 0.5) is 14.9 Å². The molecule has 0 bridgehead atoms. The molecule has 0 saturated carbocycles. The molecule has 0 aromatic heterocycles. The molecule has 1 aromatic rings. The minimum absolute atomic E-state index is 0.0804. The Balaban J connectivity index is 1.90. The van der Waals surface area contributed by atoms with Crippen LogP contribution in [0.2, 0.25) is 0 Å². The molecule has 2 amide bonds. The van der Waals surface area contributed by atoms with Gasteiger partial charge in [0.25, 0.3) is 0 Å². The van der Waals surface area contributed by atoms with Gasteiger partial charge in [-0.2, -0.15) is 0 Å². The van der Waals surface area contributed by atoms with Gasteiger partial charge in [0.1, 0.15) is 5.82 Å². The first-order valence-electron chi connectivity index (χ1n) is 7.70. The van der Waals surface area contributed by atoms with Crippen LogP contribution in [0, 0.1) is 5.82 Å². The minimum atomic E-state index is -0.937. The fourth-order valence-electron chi connectivity index (χ4n) is 2.67. The number of rotatable bonds is 5. The van der Waals surface area contributed by atoms with Gasteiger partial charge < -0.3 is 20.2 Å². The number of carboxylic acids is 1. The van der Waals surface area contributed by atoms with Gasteiger partial charge in [-0.1, -0.05) is 12.1 Å². The Kier molecular flexibility index (Phi) is 5.78. The van der Waals surface area contributed by atoms with E-state index in [2.05, 4.69) is 5.32 Å². The summed E-state index contributed by atoms with van der Waals surface area (Å²) in [7, 11) is 1.57. The number of aliphatic carboxylic acids is 1. The Morgan fingerprint density at radius 1 is 1.43 bits per heavy atom. The predicted molar refractivity (Wildman–Crippen MR) is 85.0 cm³/mol. The highest BCUT2D eigenvalue weighted by Crippen LogP contribution is 2.22. The second-order valence-corrected chi connectivity index (χ2v) is 5.75. The normalized spacial score (nSPS) is 17.7. The van der Waals surface area contributed by atoms with Crippen LogP contribution in [-0.4, -0.2) is 54.7 Å². The van der Waals surface area contributed by atoms with Gasteiger partial charge in [-0.15, -0.1) is 0 Å². The number of hydrogen-bond donors (Lipinski definition) is 2. The van der Waals surface area contributed by atoms with E-state index in [1.165, 1.54) is 11.0 Å². The molecule has 6 nitrogen and oxygen atoms in total. The van der Waals surface area contributed by atoms with Gasteiger partial charge in [0.05, 0.1) is 12.1 Å². The molecular formula is C16H22FN3O3. The van der Waals surface area contributed by atoms with Crippen molar-refractivity contribution in [1.29, 1.82) is 0 Å². The molecule has 1 aliphatic rings. The molecule has 1 unspecified atom stereocenters. The summed E-state index contributed by atoms with van der Waals surface area (Å²) < 4.78 is 13.9. The number of nitrogens with zero attached hydrogens (tertiary/aromatic N) is 2. The number of carboxylic acid groups (broad SMARTS) is 1. The summed E-state index contributed by atoms with van der Waals surface area (Å²) in [5, 5.41) is 11.5. The summed E-state index contributed by atoms with van der Waals surface area (Å²) in [6.07, 6.45) is 1.59. The number of halogens is 1. The fraction of sp³-hybridized carbons (Fsp3) is 0.500. The highest BCUT2D eigenvalue weighted by atomic mass is 19.1. The summed E-state index contributed by atoms with van der Waals surface area (Å²) >= 11 is 0. The zero-order chi connectivity index (χ0) is 16.8. The maximum absolute atomic E-state index is 13.9. The highest BCUT2D eigenvalue weighted by molar-refractivity contribution is 5.75. The third kappa shape index (κ3) is 4.84. The lowest BCUT2D eigenvalue weighted by Gasteiger charge is -2.35. The molecule has 7 heteroatoms. The summed E-state index contributed by atoms with van der Waals surface area (Å²) in [6, 6.07) is 6.23. The lowest BCUT2D eigenvalue weighted by molar-refractivity contribution is -0.137. The molecule has 0 spiro atoms. The van der Waals surface area contributed by atoms with Crippen molar-refractivity contribution in [3.63, 3.8) is 0 Å². The highest BCUT2D eigenvalue weighted by Gasteiger charge is 2.24. The van der Waals surface area contributed by atoms with E-state index >= 15 is 0 Å². The number of para-hydroxylation sites is 1. The van der Waals surface area contributed by atoms with E-state index < -0.39 is 5.97 Å². The number of hydrogen-bond acceptors (Lipinski definition) is 3. The average molecular weight is 323 g/mol. The fourth-order valence-corrected chi connectivity index (χ4v) is 2.67. The third-order valence-corrected chi connectivity index (χ3v) is 3.95. The molecule has 126 valence electrons. The third-order valence-electron chi connectivity index (χ3n) is 3.95. The lowest BCUT2D eigenvalue weighted by Crippen LogP contribution is -2.51. The summed E-state index contributed by atoms with van der Waals surface area (Å²) in [5.74, 6) is -1.20. The van der Waals surface area contributed by atoms with E-state index in [4.69, 9.17) is 5.11 Å². The van der Waals surface area contributed by atoms with Crippen LogP contribution in [0.1, 0.15) is 19.3 Å². The summed E-state index contributed by atoms with van der Waals surface area (Å²) in [5.41, 5.74) is 0.547. The van der Waals surface area contributed by atoms with E-state index in [9.17, 15) is 14.0 Å². The quantitative estimate of drug-likeness (QED) is 0.868. The van der Waals surface area contributed by atoms with Crippen molar-refractivity contribution in [2.75, 3.05) is 31.6 Å². The standard InChI is InChI=1S/C16H22FN3O3/c1-19(10-8-15(21)22)16(23)18-12-5-4-9-20(11-12)14-7-3-2-6-13(14)17/h2-3,6-7,12H,4-5,8-11H2,1H3,(H,18,23)(H,21,22). The second-order valence-electron chi connectivity index (χ2n) is 5.75. The number of carbonyl (C=O) groups excluding carboxylic acids is 1. The van der Waals surface area contributed by atoms with Gasteiger partial charge in [0.2, 0.25) is 0 Å². The Bertz CT molecular complexity index is 567. The Morgan fingerprint density at radius 3 is 2.87 bits per heavy atom. The molecule has 2 N–H and O–H groups in total. The van der Waals surface area contributed by atoms with Gasteiger partial charge in [-0.25, -0.2) is 9.18 Å². The van der Waals surface area contributed by atoms with Crippen molar-refractivity contribution >= 4 is 17.7 Å². The van der Waals surface area contributed by atoms with Gasteiger partial charge >= 0.3 is 12.0 Å². The van der Waals surface area contributed by atoms with E-state index in [1.807, 2.05) is 4.90 Å². The van der Waals surface area contributed by atoms with Crippen LogP contribution in [0.3, 0.4) is 0 Å². The maximum atomic E-state index is 13.9. The van der Waals surface area contributed by atoms with Crippen molar-refractivity contribution in [2.24, 2.45) is 0 Å². The van der Waals surface area contributed by atoms with Crippen LogP contribution >= 0.6 is 0 Å². The zero-order valence-electron chi connectivity index (χ0n) is 13.2. The van der Waals surface area contributed by atoms with Crippen LogP contribution in [0.5, 0.6) is 0 Å². The monoisotopic (exact) mass is 323 g/mol. The number of carbonyl (C=O) groups is 2. The van der Waals surface area contributed by atoms with Gasteiger partial charge in [-0.05, 0) is 25.0 Å². The molecule has 1 fully saturated rings. The van der Waals surface area contributed by atoms with E-state index in [0.717, 1.165) is 19.4 Å². The average Bonchev–Trinajstić information content (AvgIpc) is 2.53. The Labute approximate surface area is 134 Å². The molecule has 1 saturated heterocycles. The first kappa shape index (κ1) is 17.1. The molecule has 0 radical (unpaired) electrons. The Morgan fingerprint density at radius 2 is 2.17 bits per heavy atom. The maximum Gasteiger partial charge on any atom is 0.317 e. The zero-order valence-corrected chi connectivity index (χ0v) is 13.2. The van der Waals surface area contributed by atoms with Crippen molar-refractivity contribution in [3.05, 3.63) is 30.1 Å². The minimum Gasteiger partial charge on any atom is -0.481 e. The number of benzene rings is 1. The molecule has 1 heterocycles. The second kappa shape index (κ2) is 7.80. The molecule has 0 aliphatic carbocycles. The van der Waals surface area contributed by atoms with Crippen LogP contribution in [0.15, 0.2) is 24.3 Å². The SMILES string of the molecule is CN(CCC(=O)O)C(=O)NC1CCCN(c2ccccc2F)C1. The number of nitrogens with one attached hydrogen (secondary N) is 1. The van der Waals surface area contributed by atoms with Gasteiger partial charge in [0, 0.05) is 32.7 Å². The smallest absolute Gasteiger partial charge is 0.317 e.